The van der Waals surface area contributed by atoms with Crippen molar-refractivity contribution in [2.24, 2.45) is 10.9 Å². The monoisotopic (exact) mass is 304 g/mol. The van der Waals surface area contributed by atoms with Gasteiger partial charge < -0.3 is 10.5 Å². The number of primary sulfonamides is 1. The second kappa shape index (κ2) is 6.60. The maximum atomic E-state index is 11.1. The van der Waals surface area contributed by atoms with E-state index in [2.05, 4.69) is 0 Å². The SMILES string of the molecule is CC(C)(N)CSCCOc1ccc(S(N)(=O)=O)cc1. The molecule has 0 heterocycles. The van der Waals surface area contributed by atoms with Crippen molar-refractivity contribution in [3.63, 3.8) is 0 Å². The smallest absolute Gasteiger partial charge is 0.238 e. The molecule has 4 N–H and O–H groups in total. The fraction of sp³-hybridized carbons (Fsp3) is 0.500. The van der Waals surface area contributed by atoms with Gasteiger partial charge in [-0.1, -0.05) is 0 Å². The first-order valence-corrected chi connectivity index (χ1v) is 8.51. The molecule has 1 aromatic carbocycles. The number of hydrogen-bond acceptors (Lipinski definition) is 5. The maximum Gasteiger partial charge on any atom is 0.238 e. The quantitative estimate of drug-likeness (QED) is 0.738. The van der Waals surface area contributed by atoms with E-state index in [0.717, 1.165) is 11.5 Å². The van der Waals surface area contributed by atoms with Gasteiger partial charge in [-0.3, -0.25) is 0 Å². The molecule has 0 fully saturated rings. The molecule has 1 aromatic rings. The van der Waals surface area contributed by atoms with Crippen LogP contribution in [0.15, 0.2) is 29.2 Å². The van der Waals surface area contributed by atoms with E-state index in [4.69, 9.17) is 15.6 Å². The van der Waals surface area contributed by atoms with Crippen molar-refractivity contribution >= 4 is 21.8 Å². The van der Waals surface area contributed by atoms with Crippen molar-refractivity contribution in [3.8, 4) is 5.75 Å². The lowest BCUT2D eigenvalue weighted by atomic mass is 10.1. The van der Waals surface area contributed by atoms with Crippen LogP contribution in [-0.2, 0) is 10.0 Å². The van der Waals surface area contributed by atoms with Gasteiger partial charge in [0, 0.05) is 17.0 Å². The highest BCUT2D eigenvalue weighted by molar-refractivity contribution is 7.99. The van der Waals surface area contributed by atoms with Gasteiger partial charge in [0.2, 0.25) is 10.0 Å². The molecule has 0 spiro atoms. The minimum Gasteiger partial charge on any atom is -0.493 e. The van der Waals surface area contributed by atoms with E-state index in [1.54, 1.807) is 23.9 Å². The number of nitrogens with two attached hydrogens (primary N) is 2. The van der Waals surface area contributed by atoms with Gasteiger partial charge in [-0.15, -0.1) is 0 Å². The third-order valence-corrected chi connectivity index (χ3v) is 4.46. The summed E-state index contributed by atoms with van der Waals surface area (Å²) in [5, 5.41) is 5.00. The lowest BCUT2D eigenvalue weighted by molar-refractivity contribution is 0.343. The van der Waals surface area contributed by atoms with Gasteiger partial charge >= 0.3 is 0 Å². The molecule has 7 heteroatoms. The molecular weight excluding hydrogens is 284 g/mol. The molecule has 0 aliphatic rings. The van der Waals surface area contributed by atoms with Gasteiger partial charge in [0.1, 0.15) is 5.75 Å². The van der Waals surface area contributed by atoms with Gasteiger partial charge in [-0.25, -0.2) is 13.6 Å². The maximum absolute atomic E-state index is 11.1. The molecule has 0 saturated carbocycles. The zero-order valence-corrected chi connectivity index (χ0v) is 12.8. The number of rotatable bonds is 7. The Hall–Kier alpha value is -0.760. The van der Waals surface area contributed by atoms with Crippen molar-refractivity contribution in [3.05, 3.63) is 24.3 Å². The first-order valence-electron chi connectivity index (χ1n) is 5.81. The van der Waals surface area contributed by atoms with Crippen LogP contribution in [0.1, 0.15) is 13.8 Å². The minimum absolute atomic E-state index is 0.0825. The van der Waals surface area contributed by atoms with Gasteiger partial charge in [0.25, 0.3) is 0 Å². The van der Waals surface area contributed by atoms with Crippen molar-refractivity contribution in [1.29, 1.82) is 0 Å². The first kappa shape index (κ1) is 16.3. The first-order chi connectivity index (χ1) is 8.68. The Morgan fingerprint density at radius 2 is 1.84 bits per heavy atom. The van der Waals surface area contributed by atoms with E-state index in [9.17, 15) is 8.42 Å². The standard InChI is InChI=1S/C12H20N2O3S2/c1-12(2,13)9-18-8-7-17-10-3-5-11(6-4-10)19(14,15)16/h3-6H,7-9,13H2,1-2H3,(H2,14,15,16). The van der Waals surface area contributed by atoms with Crippen LogP contribution in [0.2, 0.25) is 0 Å². The lowest BCUT2D eigenvalue weighted by Gasteiger charge is -2.17. The summed E-state index contributed by atoms with van der Waals surface area (Å²) in [7, 11) is -3.64. The largest absolute Gasteiger partial charge is 0.493 e. The van der Waals surface area contributed by atoms with E-state index in [1.807, 2.05) is 13.8 Å². The normalized spacial score (nSPS) is 12.4. The fourth-order valence-electron chi connectivity index (χ4n) is 1.28. The number of sulfonamides is 1. The molecule has 0 atom stereocenters. The van der Waals surface area contributed by atoms with E-state index in [-0.39, 0.29) is 10.4 Å². The summed E-state index contributed by atoms with van der Waals surface area (Å²) in [6.07, 6.45) is 0. The molecule has 0 amide bonds. The summed E-state index contributed by atoms with van der Waals surface area (Å²) >= 11 is 1.72. The molecule has 108 valence electrons. The fourth-order valence-corrected chi connectivity index (χ4v) is 2.67. The lowest BCUT2D eigenvalue weighted by Crippen LogP contribution is -2.34. The van der Waals surface area contributed by atoms with Gasteiger partial charge in [0.15, 0.2) is 0 Å². The highest BCUT2D eigenvalue weighted by Crippen LogP contribution is 2.15. The van der Waals surface area contributed by atoms with E-state index >= 15 is 0 Å². The Morgan fingerprint density at radius 3 is 2.32 bits per heavy atom. The zero-order chi connectivity index (χ0) is 14.5. The summed E-state index contributed by atoms with van der Waals surface area (Å²) in [6, 6.07) is 6.05. The molecule has 1 rings (SSSR count). The highest BCUT2D eigenvalue weighted by atomic mass is 32.2. The molecule has 0 aromatic heterocycles. The Bertz CT molecular complexity index is 493. The molecule has 19 heavy (non-hydrogen) atoms. The van der Waals surface area contributed by atoms with Crippen LogP contribution in [0.25, 0.3) is 0 Å². The van der Waals surface area contributed by atoms with Gasteiger partial charge in [-0.05, 0) is 38.1 Å². The predicted octanol–water partition coefficient (Wildman–Crippen LogP) is 1.18. The summed E-state index contributed by atoms with van der Waals surface area (Å²) < 4.78 is 27.6. The second-order valence-corrected chi connectivity index (χ2v) is 7.57. The third-order valence-electron chi connectivity index (χ3n) is 2.12. The molecule has 0 unspecified atom stereocenters. The Labute approximate surface area is 118 Å². The van der Waals surface area contributed by atoms with Crippen LogP contribution in [0.5, 0.6) is 5.75 Å². The predicted molar refractivity (Wildman–Crippen MR) is 78.9 cm³/mol. The summed E-state index contributed by atoms with van der Waals surface area (Å²) in [4.78, 5) is 0.0825. The van der Waals surface area contributed by atoms with Crippen LogP contribution in [0, 0.1) is 0 Å². The van der Waals surface area contributed by atoms with E-state index < -0.39 is 10.0 Å². The minimum atomic E-state index is -3.64. The number of hydrogen-bond donors (Lipinski definition) is 2. The van der Waals surface area contributed by atoms with Crippen molar-refractivity contribution in [2.75, 3.05) is 18.1 Å². The third kappa shape index (κ3) is 6.81. The Balaban J connectivity index is 2.35. The molecular formula is C12H20N2O3S2. The summed E-state index contributed by atoms with van der Waals surface area (Å²) in [6.45, 7) is 4.51. The molecule has 0 radical (unpaired) electrons. The summed E-state index contributed by atoms with van der Waals surface area (Å²) in [5.41, 5.74) is 5.68. The number of thioether (sulfide) groups is 1. The van der Waals surface area contributed by atoms with E-state index in [1.165, 1.54) is 12.1 Å². The Kier molecular flexibility index (Phi) is 5.66. The van der Waals surface area contributed by atoms with Crippen LogP contribution < -0.4 is 15.6 Å². The Morgan fingerprint density at radius 1 is 1.26 bits per heavy atom. The van der Waals surface area contributed by atoms with Gasteiger partial charge in [0.05, 0.1) is 11.5 Å². The van der Waals surface area contributed by atoms with Crippen molar-refractivity contribution in [1.82, 2.24) is 0 Å². The molecule has 0 bridgehead atoms. The van der Waals surface area contributed by atoms with Crippen molar-refractivity contribution in [2.45, 2.75) is 24.3 Å². The summed E-state index contributed by atoms with van der Waals surface area (Å²) in [5.74, 6) is 2.32. The topological polar surface area (TPSA) is 95.4 Å². The van der Waals surface area contributed by atoms with Gasteiger partial charge in [-0.2, -0.15) is 11.8 Å². The molecule has 0 saturated heterocycles. The van der Waals surface area contributed by atoms with Crippen molar-refractivity contribution < 1.29 is 13.2 Å². The molecule has 5 nitrogen and oxygen atoms in total. The van der Waals surface area contributed by atoms with Crippen LogP contribution >= 0.6 is 11.8 Å². The molecule has 0 aliphatic carbocycles. The average Bonchev–Trinajstić information content (AvgIpc) is 2.26. The number of ether oxygens (including phenoxy) is 1. The molecule has 0 aliphatic heterocycles. The van der Waals surface area contributed by atoms with Crippen LogP contribution in [-0.4, -0.2) is 32.1 Å². The van der Waals surface area contributed by atoms with Crippen LogP contribution in [0.3, 0.4) is 0 Å². The van der Waals surface area contributed by atoms with E-state index in [0.29, 0.717) is 12.4 Å². The van der Waals surface area contributed by atoms with Crippen LogP contribution in [0.4, 0.5) is 0 Å². The highest BCUT2D eigenvalue weighted by Gasteiger charge is 2.10. The average molecular weight is 304 g/mol. The second-order valence-electron chi connectivity index (χ2n) is 4.91. The zero-order valence-electron chi connectivity index (χ0n) is 11.1. The number of benzene rings is 1.